The third kappa shape index (κ3) is 5.19. The molecule has 4 heterocycles. The number of carboxylic acid groups (broad SMARTS) is 1. The van der Waals surface area contributed by atoms with Crippen molar-refractivity contribution in [2.75, 3.05) is 19.8 Å². The van der Waals surface area contributed by atoms with Crippen molar-refractivity contribution in [2.45, 2.75) is 38.0 Å². The van der Waals surface area contributed by atoms with Crippen molar-refractivity contribution in [1.29, 1.82) is 0 Å². The molecule has 2 atom stereocenters. The van der Waals surface area contributed by atoms with E-state index < -0.39 is 18.2 Å². The van der Waals surface area contributed by atoms with E-state index in [0.717, 1.165) is 27.9 Å². The number of amides is 2. The summed E-state index contributed by atoms with van der Waals surface area (Å²) < 4.78 is 5.24. The first-order valence-corrected chi connectivity index (χ1v) is 12.5. The number of aromatic nitrogens is 2. The monoisotopic (exact) mass is 494 g/mol. The molecule has 2 aliphatic rings. The Labute approximate surface area is 206 Å². The van der Waals surface area contributed by atoms with Gasteiger partial charge in [0.2, 0.25) is 0 Å². The second-order valence-corrected chi connectivity index (χ2v) is 9.52. The van der Waals surface area contributed by atoms with Crippen LogP contribution in [0.25, 0.3) is 11.3 Å². The van der Waals surface area contributed by atoms with Crippen LogP contribution in [0.15, 0.2) is 41.2 Å². The molecule has 1 aromatic carbocycles. The van der Waals surface area contributed by atoms with E-state index in [-0.39, 0.29) is 24.8 Å². The van der Waals surface area contributed by atoms with E-state index in [9.17, 15) is 19.8 Å². The topological polar surface area (TPSA) is 125 Å². The molecule has 0 bridgehead atoms. The molecule has 2 aliphatic heterocycles. The molecule has 5 rings (SSSR count). The lowest BCUT2D eigenvalue weighted by Crippen LogP contribution is -2.49. The first-order chi connectivity index (χ1) is 17.0. The van der Waals surface area contributed by atoms with Crippen LogP contribution in [0.4, 0.5) is 4.79 Å². The van der Waals surface area contributed by atoms with Crippen LogP contribution >= 0.6 is 11.3 Å². The van der Waals surface area contributed by atoms with Crippen molar-refractivity contribution in [3.63, 3.8) is 0 Å². The highest BCUT2D eigenvalue weighted by Crippen LogP contribution is 2.26. The fourth-order valence-electron chi connectivity index (χ4n) is 4.56. The summed E-state index contributed by atoms with van der Waals surface area (Å²) in [5, 5.41) is 24.5. The zero-order valence-electron chi connectivity index (χ0n) is 19.0. The Hall–Kier alpha value is -3.34. The smallest absolute Gasteiger partial charge is 0.407 e. The number of thiazole rings is 1. The quantitative estimate of drug-likeness (QED) is 0.498. The van der Waals surface area contributed by atoms with Gasteiger partial charge in [-0.2, -0.15) is 0 Å². The summed E-state index contributed by atoms with van der Waals surface area (Å²) in [6, 6.07) is 9.54. The van der Waals surface area contributed by atoms with Gasteiger partial charge in [-0.15, -0.1) is 11.3 Å². The number of aliphatic hydroxyl groups is 1. The third-order valence-corrected chi connectivity index (χ3v) is 7.08. The number of fused-ring (bicyclic) bond motifs is 1. The van der Waals surface area contributed by atoms with E-state index in [2.05, 4.69) is 15.3 Å². The van der Waals surface area contributed by atoms with E-state index in [4.69, 9.17) is 4.74 Å². The molecule has 0 aliphatic carbocycles. The second-order valence-electron chi connectivity index (χ2n) is 8.80. The lowest BCUT2D eigenvalue weighted by Gasteiger charge is -2.29. The van der Waals surface area contributed by atoms with Crippen LogP contribution in [0.1, 0.15) is 39.3 Å². The van der Waals surface area contributed by atoms with Crippen molar-refractivity contribution >= 4 is 23.3 Å². The van der Waals surface area contributed by atoms with Gasteiger partial charge in [-0.25, -0.2) is 14.8 Å². The Kier molecular flexibility index (Phi) is 6.76. The van der Waals surface area contributed by atoms with E-state index in [1.807, 2.05) is 29.6 Å². The van der Waals surface area contributed by atoms with Crippen molar-refractivity contribution in [2.24, 2.45) is 0 Å². The molecule has 0 radical (unpaired) electrons. The van der Waals surface area contributed by atoms with Crippen molar-refractivity contribution < 1.29 is 24.5 Å². The molecule has 2 amide bonds. The summed E-state index contributed by atoms with van der Waals surface area (Å²) in [4.78, 5) is 34.9. The summed E-state index contributed by atoms with van der Waals surface area (Å²) in [5.74, 6) is -0.383. The van der Waals surface area contributed by atoms with Crippen LogP contribution in [0.5, 0.6) is 0 Å². The number of nitrogens with one attached hydrogen (secondary N) is 1. The molecule has 1 saturated heterocycles. The minimum absolute atomic E-state index is 0.140. The number of ether oxygens (including phenoxy) is 1. The molecule has 9 nitrogen and oxygen atoms in total. The van der Waals surface area contributed by atoms with Crippen LogP contribution in [-0.2, 0) is 24.1 Å². The molecule has 2 aromatic heterocycles. The van der Waals surface area contributed by atoms with Crippen LogP contribution < -0.4 is 5.32 Å². The number of nitrogens with zero attached hydrogens (tertiary/aromatic N) is 3. The summed E-state index contributed by atoms with van der Waals surface area (Å²) >= 11 is 1.55. The maximum absolute atomic E-state index is 13.1. The number of rotatable bonds is 5. The SMILES string of the molecule is O=C(NC1CCOCC1O)c1cc(Cc2ccc(-c3cscn3)cc2)c2c(n1)CN(C(=O)O)CC2. The van der Waals surface area contributed by atoms with Gasteiger partial charge < -0.3 is 25.2 Å². The zero-order valence-corrected chi connectivity index (χ0v) is 19.8. The fourth-order valence-corrected chi connectivity index (χ4v) is 5.13. The second kappa shape index (κ2) is 10.1. The van der Waals surface area contributed by atoms with Gasteiger partial charge in [0, 0.05) is 24.1 Å². The molecule has 35 heavy (non-hydrogen) atoms. The maximum Gasteiger partial charge on any atom is 0.407 e. The number of carbonyl (C=O) groups excluding carboxylic acids is 1. The van der Waals surface area contributed by atoms with Gasteiger partial charge in [0.1, 0.15) is 5.69 Å². The summed E-state index contributed by atoms with van der Waals surface area (Å²) in [6.45, 7) is 1.18. The Bertz CT molecular complexity index is 1220. The summed E-state index contributed by atoms with van der Waals surface area (Å²) in [7, 11) is 0. The van der Waals surface area contributed by atoms with Gasteiger partial charge in [-0.1, -0.05) is 24.3 Å². The van der Waals surface area contributed by atoms with Crippen LogP contribution in [0.2, 0.25) is 0 Å². The summed E-state index contributed by atoms with van der Waals surface area (Å²) in [6.07, 6.45) is -0.125. The van der Waals surface area contributed by atoms with Gasteiger partial charge in [0.05, 0.1) is 42.2 Å². The van der Waals surface area contributed by atoms with E-state index in [1.54, 1.807) is 22.9 Å². The van der Waals surface area contributed by atoms with E-state index in [1.165, 1.54) is 4.90 Å². The molecule has 3 aromatic rings. The number of hydrogen-bond donors (Lipinski definition) is 3. The predicted octanol–water partition coefficient (Wildman–Crippen LogP) is 2.71. The summed E-state index contributed by atoms with van der Waals surface area (Å²) in [5.41, 5.74) is 7.64. The number of carbonyl (C=O) groups is 2. The molecule has 0 saturated carbocycles. The molecule has 2 unspecified atom stereocenters. The maximum atomic E-state index is 13.1. The first-order valence-electron chi connectivity index (χ1n) is 11.5. The molecule has 0 spiro atoms. The van der Waals surface area contributed by atoms with Gasteiger partial charge in [0.15, 0.2) is 0 Å². The van der Waals surface area contributed by atoms with E-state index >= 15 is 0 Å². The van der Waals surface area contributed by atoms with Gasteiger partial charge in [-0.05, 0) is 42.0 Å². The molecule has 10 heteroatoms. The van der Waals surface area contributed by atoms with Crippen molar-refractivity contribution in [1.82, 2.24) is 20.2 Å². The van der Waals surface area contributed by atoms with Crippen molar-refractivity contribution in [3.8, 4) is 11.3 Å². The van der Waals surface area contributed by atoms with Crippen LogP contribution in [0, 0.1) is 0 Å². The zero-order chi connectivity index (χ0) is 24.4. The standard InChI is InChI=1S/C25H26N4O5S/c30-23-12-34-8-6-19(23)28-24(31)20-10-17(18-5-7-29(25(32)33)11-21(18)27-20)9-15-1-3-16(4-2-15)22-13-35-14-26-22/h1-4,10,13-14,19,23,30H,5-9,11-12H2,(H,28,31)(H,32,33). The average Bonchev–Trinajstić information content (AvgIpc) is 3.40. The molecular weight excluding hydrogens is 468 g/mol. The number of hydrogen-bond acceptors (Lipinski definition) is 7. The molecule has 182 valence electrons. The lowest BCUT2D eigenvalue weighted by molar-refractivity contribution is -0.0261. The minimum Gasteiger partial charge on any atom is -0.465 e. The minimum atomic E-state index is -1.00. The predicted molar refractivity (Wildman–Crippen MR) is 129 cm³/mol. The number of benzene rings is 1. The molecule has 3 N–H and O–H groups in total. The first kappa shape index (κ1) is 23.4. The largest absolute Gasteiger partial charge is 0.465 e. The fraction of sp³-hybridized carbons (Fsp3) is 0.360. The van der Waals surface area contributed by atoms with Crippen LogP contribution in [-0.4, -0.2) is 69.0 Å². The highest BCUT2D eigenvalue weighted by atomic mass is 32.1. The Morgan fingerprint density at radius 3 is 2.80 bits per heavy atom. The highest BCUT2D eigenvalue weighted by molar-refractivity contribution is 7.07. The number of pyridine rings is 1. The highest BCUT2D eigenvalue weighted by Gasteiger charge is 2.28. The van der Waals surface area contributed by atoms with Gasteiger partial charge in [-0.3, -0.25) is 4.79 Å². The molecular formula is C25H26N4O5S. The van der Waals surface area contributed by atoms with Gasteiger partial charge in [0.25, 0.3) is 5.91 Å². The van der Waals surface area contributed by atoms with Crippen LogP contribution in [0.3, 0.4) is 0 Å². The third-order valence-electron chi connectivity index (χ3n) is 6.50. The Balaban J connectivity index is 1.43. The molecule has 1 fully saturated rings. The lowest BCUT2D eigenvalue weighted by atomic mass is 9.93. The van der Waals surface area contributed by atoms with Crippen molar-refractivity contribution in [3.05, 3.63) is 69.3 Å². The normalized spacial score (nSPS) is 19.7. The van der Waals surface area contributed by atoms with Gasteiger partial charge >= 0.3 is 6.09 Å². The average molecular weight is 495 g/mol. The number of aliphatic hydroxyl groups excluding tert-OH is 1. The van der Waals surface area contributed by atoms with E-state index in [0.29, 0.717) is 38.1 Å². The Morgan fingerprint density at radius 1 is 1.26 bits per heavy atom. The Morgan fingerprint density at radius 2 is 2.09 bits per heavy atom.